The Morgan fingerprint density at radius 2 is 1.83 bits per heavy atom. The van der Waals surface area contributed by atoms with Crippen LogP contribution >= 0.6 is 0 Å². The number of carbonyl (C=O) groups excluding carboxylic acids is 2. The molecule has 2 heterocycles. The predicted octanol–water partition coefficient (Wildman–Crippen LogP) is 4.35. The first kappa shape index (κ1) is 23.7. The summed E-state index contributed by atoms with van der Waals surface area (Å²) in [6, 6.07) is 13.7. The molecule has 2 aromatic carbocycles. The van der Waals surface area contributed by atoms with Crippen LogP contribution in [0.1, 0.15) is 37.8 Å². The zero-order chi connectivity index (χ0) is 25.3. The van der Waals surface area contributed by atoms with Gasteiger partial charge in [0.1, 0.15) is 11.4 Å². The quantitative estimate of drug-likeness (QED) is 0.424. The van der Waals surface area contributed by atoms with Crippen molar-refractivity contribution < 1.29 is 27.5 Å². The molecule has 0 aliphatic rings. The molecule has 0 saturated heterocycles. The first-order valence-electron chi connectivity index (χ1n) is 10.4. The van der Waals surface area contributed by atoms with E-state index >= 15 is 0 Å². The topological polar surface area (TPSA) is 112 Å². The van der Waals surface area contributed by atoms with Crippen LogP contribution in [-0.4, -0.2) is 32.9 Å². The maximum absolute atomic E-state index is 13.0. The number of benzene rings is 2. The van der Waals surface area contributed by atoms with Crippen molar-refractivity contribution in [2.24, 2.45) is 5.73 Å². The van der Waals surface area contributed by atoms with Crippen LogP contribution in [0.25, 0.3) is 10.9 Å². The molecule has 0 unspecified atom stereocenters. The SMILES string of the molecule is Cc1nn(Cc2cccc(OC(F)(F)F)c2)c(C)c1NC(=O)c1cc(C(N)=O)c2ccccc2n1. The van der Waals surface area contributed by atoms with E-state index in [9.17, 15) is 22.8 Å². The number of hydrogen-bond acceptors (Lipinski definition) is 5. The van der Waals surface area contributed by atoms with Gasteiger partial charge in [-0.25, -0.2) is 4.98 Å². The summed E-state index contributed by atoms with van der Waals surface area (Å²) < 4.78 is 43.1. The standard InChI is InChI=1S/C24H20F3N5O3/c1-13-21(14(2)32(31-13)12-15-6-5-7-16(10-15)35-24(25,26)27)30-23(34)20-11-18(22(28)33)17-8-3-4-9-19(17)29-20/h3-11H,12H2,1-2H3,(H2,28,33)(H,30,34). The highest BCUT2D eigenvalue weighted by molar-refractivity contribution is 6.10. The van der Waals surface area contributed by atoms with Gasteiger partial charge >= 0.3 is 6.36 Å². The molecular formula is C24H20F3N5O3. The lowest BCUT2D eigenvalue weighted by Gasteiger charge is -2.11. The Bertz CT molecular complexity index is 1450. The number of nitrogens with two attached hydrogens (primary N) is 1. The second-order valence-electron chi connectivity index (χ2n) is 7.79. The minimum atomic E-state index is -4.79. The summed E-state index contributed by atoms with van der Waals surface area (Å²) >= 11 is 0. The summed E-state index contributed by atoms with van der Waals surface area (Å²) in [4.78, 5) is 29.2. The Morgan fingerprint density at radius 1 is 1.09 bits per heavy atom. The molecule has 0 radical (unpaired) electrons. The molecule has 4 rings (SSSR count). The average molecular weight is 483 g/mol. The molecule has 0 saturated carbocycles. The van der Waals surface area contributed by atoms with Crippen molar-refractivity contribution in [2.45, 2.75) is 26.8 Å². The highest BCUT2D eigenvalue weighted by Crippen LogP contribution is 2.26. The van der Waals surface area contributed by atoms with Crippen LogP contribution in [0, 0.1) is 13.8 Å². The number of aromatic nitrogens is 3. The van der Waals surface area contributed by atoms with Crippen molar-refractivity contribution >= 4 is 28.4 Å². The molecule has 0 atom stereocenters. The number of anilines is 1. The van der Waals surface area contributed by atoms with E-state index in [1.165, 1.54) is 24.3 Å². The molecule has 4 aromatic rings. The molecule has 0 aliphatic carbocycles. The number of pyridine rings is 1. The van der Waals surface area contributed by atoms with Gasteiger partial charge in [0.2, 0.25) is 5.91 Å². The smallest absolute Gasteiger partial charge is 0.406 e. The highest BCUT2D eigenvalue weighted by Gasteiger charge is 2.31. The number of alkyl halides is 3. The molecule has 8 nitrogen and oxygen atoms in total. The Kier molecular flexibility index (Phi) is 6.16. The van der Waals surface area contributed by atoms with Gasteiger partial charge in [-0.1, -0.05) is 30.3 Å². The number of fused-ring (bicyclic) bond motifs is 1. The van der Waals surface area contributed by atoms with Gasteiger partial charge in [-0.05, 0) is 43.7 Å². The molecule has 0 aliphatic heterocycles. The van der Waals surface area contributed by atoms with E-state index < -0.39 is 18.2 Å². The Morgan fingerprint density at radius 3 is 2.54 bits per heavy atom. The van der Waals surface area contributed by atoms with E-state index in [1.807, 2.05) is 0 Å². The maximum atomic E-state index is 13.0. The number of nitrogens with zero attached hydrogens (tertiary/aromatic N) is 3. The van der Waals surface area contributed by atoms with Gasteiger partial charge in [0, 0.05) is 5.39 Å². The fraction of sp³-hybridized carbons (Fsp3) is 0.167. The normalized spacial score (nSPS) is 11.5. The Hall–Kier alpha value is -4.41. The summed E-state index contributed by atoms with van der Waals surface area (Å²) in [5.74, 6) is -1.59. The van der Waals surface area contributed by atoms with Gasteiger partial charge in [0.25, 0.3) is 5.91 Å². The fourth-order valence-electron chi connectivity index (χ4n) is 3.72. The highest BCUT2D eigenvalue weighted by atomic mass is 19.4. The van der Waals surface area contributed by atoms with Crippen LogP contribution in [-0.2, 0) is 6.54 Å². The number of aryl methyl sites for hydroxylation is 1. The van der Waals surface area contributed by atoms with E-state index in [-0.39, 0.29) is 23.6 Å². The van der Waals surface area contributed by atoms with E-state index in [0.717, 1.165) is 0 Å². The largest absolute Gasteiger partial charge is 0.573 e. The molecular weight excluding hydrogens is 463 g/mol. The molecule has 0 bridgehead atoms. The number of para-hydroxylation sites is 1. The van der Waals surface area contributed by atoms with Crippen molar-refractivity contribution in [1.29, 1.82) is 0 Å². The van der Waals surface area contributed by atoms with Crippen LogP contribution in [0.5, 0.6) is 5.75 Å². The molecule has 0 spiro atoms. The lowest BCUT2D eigenvalue weighted by atomic mass is 10.1. The van der Waals surface area contributed by atoms with E-state index in [1.54, 1.807) is 48.9 Å². The first-order valence-corrected chi connectivity index (χ1v) is 10.4. The molecule has 35 heavy (non-hydrogen) atoms. The van der Waals surface area contributed by atoms with Crippen molar-refractivity contribution in [3.05, 3.63) is 82.8 Å². The fourth-order valence-corrected chi connectivity index (χ4v) is 3.72. The lowest BCUT2D eigenvalue weighted by Crippen LogP contribution is -2.18. The van der Waals surface area contributed by atoms with Crippen molar-refractivity contribution in [1.82, 2.24) is 14.8 Å². The molecule has 3 N–H and O–H groups in total. The van der Waals surface area contributed by atoms with Crippen LogP contribution < -0.4 is 15.8 Å². The zero-order valence-electron chi connectivity index (χ0n) is 18.7. The summed E-state index contributed by atoms with van der Waals surface area (Å²) in [6.07, 6.45) is -4.79. The van der Waals surface area contributed by atoms with Crippen LogP contribution in [0.3, 0.4) is 0 Å². The van der Waals surface area contributed by atoms with Gasteiger partial charge in [0.15, 0.2) is 0 Å². The first-order chi connectivity index (χ1) is 16.5. The zero-order valence-corrected chi connectivity index (χ0v) is 18.7. The number of carbonyl (C=O) groups is 2. The Balaban J connectivity index is 1.59. The van der Waals surface area contributed by atoms with Crippen LogP contribution in [0.15, 0.2) is 54.6 Å². The number of halogens is 3. The molecule has 2 amide bonds. The average Bonchev–Trinajstić information content (AvgIpc) is 3.04. The summed E-state index contributed by atoms with van der Waals surface area (Å²) in [5.41, 5.74) is 8.13. The van der Waals surface area contributed by atoms with E-state index in [4.69, 9.17) is 5.73 Å². The number of ether oxygens (including phenoxy) is 1. The van der Waals surface area contributed by atoms with Crippen molar-refractivity contribution in [3.63, 3.8) is 0 Å². The summed E-state index contributed by atoms with van der Waals surface area (Å²) in [6.45, 7) is 3.55. The van der Waals surface area contributed by atoms with Gasteiger partial charge in [-0.15, -0.1) is 13.2 Å². The third kappa shape index (κ3) is 5.24. The predicted molar refractivity (Wildman–Crippen MR) is 122 cm³/mol. The van der Waals surface area contributed by atoms with Crippen molar-refractivity contribution in [2.75, 3.05) is 5.32 Å². The van der Waals surface area contributed by atoms with Gasteiger partial charge in [-0.3, -0.25) is 14.3 Å². The van der Waals surface area contributed by atoms with Crippen LogP contribution in [0.4, 0.5) is 18.9 Å². The molecule has 180 valence electrons. The minimum Gasteiger partial charge on any atom is -0.406 e. The monoisotopic (exact) mass is 483 g/mol. The maximum Gasteiger partial charge on any atom is 0.573 e. The van der Waals surface area contributed by atoms with E-state index in [2.05, 4.69) is 20.1 Å². The second-order valence-corrected chi connectivity index (χ2v) is 7.79. The third-order valence-corrected chi connectivity index (χ3v) is 5.30. The molecule has 0 fully saturated rings. The number of primary amides is 1. The summed E-state index contributed by atoms with van der Waals surface area (Å²) in [5, 5.41) is 7.70. The number of nitrogens with one attached hydrogen (secondary N) is 1. The third-order valence-electron chi connectivity index (χ3n) is 5.30. The van der Waals surface area contributed by atoms with Crippen molar-refractivity contribution in [3.8, 4) is 5.75 Å². The lowest BCUT2D eigenvalue weighted by molar-refractivity contribution is -0.274. The number of rotatable bonds is 6. The van der Waals surface area contributed by atoms with Gasteiger partial charge in [-0.2, -0.15) is 5.10 Å². The van der Waals surface area contributed by atoms with E-state index in [0.29, 0.717) is 33.5 Å². The molecule has 11 heteroatoms. The summed E-state index contributed by atoms with van der Waals surface area (Å²) in [7, 11) is 0. The van der Waals surface area contributed by atoms with Gasteiger partial charge in [0.05, 0.1) is 34.7 Å². The minimum absolute atomic E-state index is 0.000973. The number of hydrogen-bond donors (Lipinski definition) is 2. The number of amides is 2. The van der Waals surface area contributed by atoms with Gasteiger partial charge < -0.3 is 15.8 Å². The Labute approximate surface area is 197 Å². The second kappa shape index (κ2) is 9.09. The molecule has 2 aromatic heterocycles. The van der Waals surface area contributed by atoms with Crippen LogP contribution in [0.2, 0.25) is 0 Å².